The molecule has 8 heteroatoms. The van der Waals surface area contributed by atoms with E-state index in [4.69, 9.17) is 0 Å². The van der Waals surface area contributed by atoms with Crippen molar-refractivity contribution in [3.63, 3.8) is 0 Å². The molecule has 1 fully saturated rings. The fourth-order valence-electron chi connectivity index (χ4n) is 2.15. The Morgan fingerprint density at radius 2 is 2.22 bits per heavy atom. The van der Waals surface area contributed by atoms with E-state index in [1.807, 2.05) is 4.90 Å². The van der Waals surface area contributed by atoms with E-state index >= 15 is 0 Å². The van der Waals surface area contributed by atoms with Crippen LogP contribution in [0.5, 0.6) is 0 Å². The van der Waals surface area contributed by atoms with Crippen molar-refractivity contribution in [2.45, 2.75) is 37.9 Å². The highest BCUT2D eigenvalue weighted by atomic mass is 79.9. The average Bonchev–Trinajstić information content (AvgIpc) is 2.93. The smallest absolute Gasteiger partial charge is 0.344 e. The van der Waals surface area contributed by atoms with Crippen LogP contribution in [0, 0.1) is 0 Å². The van der Waals surface area contributed by atoms with Crippen LogP contribution in [0.3, 0.4) is 0 Å². The highest BCUT2D eigenvalue weighted by Crippen LogP contribution is 2.34. The van der Waals surface area contributed by atoms with Gasteiger partial charge in [-0.15, -0.1) is 0 Å². The lowest BCUT2D eigenvalue weighted by Gasteiger charge is -2.23. The summed E-state index contributed by atoms with van der Waals surface area (Å²) in [5.74, 6) is -1.02. The number of hydrogen-bond acceptors (Lipinski definition) is 4. The van der Waals surface area contributed by atoms with E-state index in [1.54, 1.807) is 0 Å². The normalized spacial score (nSPS) is 20.7. The molecule has 2 rings (SSSR count). The van der Waals surface area contributed by atoms with Crippen LogP contribution in [0.2, 0.25) is 0 Å². The molecule has 102 valence electrons. The number of aromatic nitrogens is 2. The van der Waals surface area contributed by atoms with Crippen LogP contribution in [0.15, 0.2) is 0 Å². The van der Waals surface area contributed by atoms with Gasteiger partial charge in [-0.3, -0.25) is 0 Å². The summed E-state index contributed by atoms with van der Waals surface area (Å²) < 4.78 is 40.7. The van der Waals surface area contributed by atoms with Gasteiger partial charge < -0.3 is 4.90 Å². The van der Waals surface area contributed by atoms with Gasteiger partial charge in [-0.1, -0.05) is 15.9 Å². The minimum absolute atomic E-state index is 0.302. The van der Waals surface area contributed by atoms with E-state index in [0.717, 1.165) is 49.1 Å². The van der Waals surface area contributed by atoms with Crippen LogP contribution in [0.1, 0.15) is 31.5 Å². The van der Waals surface area contributed by atoms with Gasteiger partial charge in [0, 0.05) is 29.4 Å². The minimum Gasteiger partial charge on any atom is -0.344 e. The molecule has 2 heterocycles. The summed E-state index contributed by atoms with van der Waals surface area (Å²) in [6.45, 7) is 0.777. The molecule has 0 N–H and O–H groups in total. The second kappa shape index (κ2) is 5.73. The Kier molecular flexibility index (Phi) is 4.47. The third-order valence-electron chi connectivity index (χ3n) is 2.96. The molecule has 0 spiro atoms. The standard InChI is InChI=1S/C10H13BrF3N3S/c11-5-1-3-7-4-2-6-17(7)9-15-8(16-18-9)10(12,13)14/h7H,1-6H2. The number of nitrogens with zero attached hydrogens (tertiary/aromatic N) is 3. The predicted molar refractivity (Wildman–Crippen MR) is 68.3 cm³/mol. The average molecular weight is 344 g/mol. The Morgan fingerprint density at radius 1 is 1.44 bits per heavy atom. The SMILES string of the molecule is FC(F)(F)c1nsc(N2CCCC2CCCBr)n1. The molecule has 1 atom stereocenters. The number of halogens is 4. The van der Waals surface area contributed by atoms with Crippen molar-refractivity contribution in [1.29, 1.82) is 0 Å². The Balaban J connectivity index is 2.08. The van der Waals surface area contributed by atoms with Crippen molar-refractivity contribution in [3.05, 3.63) is 5.82 Å². The fraction of sp³-hybridized carbons (Fsp3) is 0.800. The molecule has 0 saturated carbocycles. The van der Waals surface area contributed by atoms with Gasteiger partial charge in [0.2, 0.25) is 11.0 Å². The van der Waals surface area contributed by atoms with E-state index in [-0.39, 0.29) is 0 Å². The molecule has 0 radical (unpaired) electrons. The van der Waals surface area contributed by atoms with Gasteiger partial charge in [0.15, 0.2) is 0 Å². The second-order valence-corrected chi connectivity index (χ2v) is 5.74. The first-order valence-corrected chi connectivity index (χ1v) is 7.65. The van der Waals surface area contributed by atoms with E-state index in [0.29, 0.717) is 11.2 Å². The van der Waals surface area contributed by atoms with Gasteiger partial charge in [0.05, 0.1) is 0 Å². The molecule has 1 unspecified atom stereocenters. The summed E-state index contributed by atoms with van der Waals surface area (Å²) in [7, 11) is 0. The first-order valence-electron chi connectivity index (χ1n) is 5.76. The maximum Gasteiger partial charge on any atom is 0.452 e. The summed E-state index contributed by atoms with van der Waals surface area (Å²) in [6.07, 6.45) is -0.417. The number of anilines is 1. The van der Waals surface area contributed by atoms with E-state index in [9.17, 15) is 13.2 Å². The zero-order valence-electron chi connectivity index (χ0n) is 9.58. The Bertz CT molecular complexity index is 396. The summed E-state index contributed by atoms with van der Waals surface area (Å²) in [6, 6.07) is 0.302. The van der Waals surface area contributed by atoms with Gasteiger partial charge >= 0.3 is 6.18 Å². The van der Waals surface area contributed by atoms with E-state index in [1.165, 1.54) is 0 Å². The van der Waals surface area contributed by atoms with Gasteiger partial charge in [-0.2, -0.15) is 22.5 Å². The molecule has 1 aromatic heterocycles. The molecule has 0 aromatic carbocycles. The topological polar surface area (TPSA) is 29.0 Å². The van der Waals surface area contributed by atoms with Crippen LogP contribution < -0.4 is 4.90 Å². The zero-order valence-corrected chi connectivity index (χ0v) is 12.0. The van der Waals surface area contributed by atoms with Crippen molar-refractivity contribution < 1.29 is 13.2 Å². The van der Waals surface area contributed by atoms with Gasteiger partial charge in [-0.05, 0) is 25.7 Å². The largest absolute Gasteiger partial charge is 0.452 e. The van der Waals surface area contributed by atoms with Crippen molar-refractivity contribution >= 4 is 32.6 Å². The highest BCUT2D eigenvalue weighted by molar-refractivity contribution is 9.09. The predicted octanol–water partition coefficient (Wildman–Crippen LogP) is 3.70. The lowest BCUT2D eigenvalue weighted by Crippen LogP contribution is -2.29. The van der Waals surface area contributed by atoms with E-state index in [2.05, 4.69) is 25.3 Å². The highest BCUT2D eigenvalue weighted by Gasteiger charge is 2.37. The van der Waals surface area contributed by atoms with Crippen molar-refractivity contribution in [2.75, 3.05) is 16.8 Å². The minimum atomic E-state index is -4.44. The molecule has 1 aliphatic rings. The summed E-state index contributed by atoms with van der Waals surface area (Å²) in [5, 5.41) is 1.32. The van der Waals surface area contributed by atoms with E-state index < -0.39 is 12.0 Å². The maximum absolute atomic E-state index is 12.4. The fourth-order valence-corrected chi connectivity index (χ4v) is 3.26. The summed E-state index contributed by atoms with van der Waals surface area (Å²) >= 11 is 4.21. The summed E-state index contributed by atoms with van der Waals surface area (Å²) in [4.78, 5) is 5.59. The molecular formula is C10H13BrF3N3S. The lowest BCUT2D eigenvalue weighted by atomic mass is 10.1. The number of rotatable bonds is 4. The van der Waals surface area contributed by atoms with Gasteiger partial charge in [0.1, 0.15) is 0 Å². The molecule has 1 aromatic rings. The molecule has 0 amide bonds. The third-order valence-corrected chi connectivity index (χ3v) is 4.28. The van der Waals surface area contributed by atoms with Crippen molar-refractivity contribution in [3.8, 4) is 0 Å². The first kappa shape index (κ1) is 14.0. The zero-order chi connectivity index (χ0) is 13.2. The van der Waals surface area contributed by atoms with Gasteiger partial charge in [0.25, 0.3) is 0 Å². The first-order chi connectivity index (χ1) is 8.52. The third kappa shape index (κ3) is 3.14. The molecule has 1 saturated heterocycles. The van der Waals surface area contributed by atoms with Crippen LogP contribution in [-0.4, -0.2) is 27.3 Å². The molecule has 3 nitrogen and oxygen atoms in total. The van der Waals surface area contributed by atoms with Crippen molar-refractivity contribution in [2.24, 2.45) is 0 Å². The number of alkyl halides is 4. The molecule has 0 aliphatic carbocycles. The quantitative estimate of drug-likeness (QED) is 0.780. The van der Waals surface area contributed by atoms with Crippen LogP contribution in [0.25, 0.3) is 0 Å². The summed E-state index contributed by atoms with van der Waals surface area (Å²) in [5.41, 5.74) is 0. The van der Waals surface area contributed by atoms with Gasteiger partial charge in [-0.25, -0.2) is 0 Å². The Hall–Kier alpha value is -0.370. The lowest BCUT2D eigenvalue weighted by molar-refractivity contribution is -0.144. The number of hydrogen-bond donors (Lipinski definition) is 0. The monoisotopic (exact) mass is 343 g/mol. The van der Waals surface area contributed by atoms with Crippen LogP contribution in [0.4, 0.5) is 18.3 Å². The molecular weight excluding hydrogens is 331 g/mol. The molecule has 1 aliphatic heterocycles. The van der Waals surface area contributed by atoms with Crippen LogP contribution in [-0.2, 0) is 6.18 Å². The van der Waals surface area contributed by atoms with Crippen molar-refractivity contribution in [1.82, 2.24) is 9.36 Å². The maximum atomic E-state index is 12.4. The Morgan fingerprint density at radius 3 is 2.83 bits per heavy atom. The molecule has 18 heavy (non-hydrogen) atoms. The Labute approximate surface area is 116 Å². The molecule has 0 bridgehead atoms. The van der Waals surface area contributed by atoms with Crippen LogP contribution >= 0.6 is 27.5 Å². The second-order valence-electron chi connectivity index (χ2n) is 4.22.